The van der Waals surface area contributed by atoms with Crippen LogP contribution in [0.5, 0.6) is 0 Å². The lowest BCUT2D eigenvalue weighted by atomic mass is 9.64. The molecule has 2 aliphatic heterocycles. The molecule has 3 aliphatic rings. The molecule has 2 heterocycles. The summed E-state index contributed by atoms with van der Waals surface area (Å²) < 4.78 is 63.9. The van der Waals surface area contributed by atoms with Gasteiger partial charge in [0, 0.05) is 66.1 Å². The third-order valence-corrected chi connectivity index (χ3v) is 11.8. The fourth-order valence-corrected chi connectivity index (χ4v) is 8.80. The summed E-state index contributed by atoms with van der Waals surface area (Å²) in [5.74, 6) is -1.08. The van der Waals surface area contributed by atoms with E-state index in [0.717, 1.165) is 11.1 Å². The smallest absolute Gasteiger partial charge is 0.481 e. The number of piperidine rings is 2. The van der Waals surface area contributed by atoms with Crippen molar-refractivity contribution in [1.82, 2.24) is 20.3 Å². The average Bonchev–Trinajstić information content (AvgIpc) is 3.01. The molecule has 0 aromatic heterocycles. The molecule has 1 saturated carbocycles. The molecule has 9 nitrogen and oxygen atoms in total. The molecule has 1 aliphatic carbocycles. The molecular formula is C32H39Cl2F3N4O5S. The van der Waals surface area contributed by atoms with Crippen LogP contribution in [-0.4, -0.2) is 79.0 Å². The summed E-state index contributed by atoms with van der Waals surface area (Å²) in [7, 11) is -5.40. The van der Waals surface area contributed by atoms with Crippen LogP contribution in [0.1, 0.15) is 62.0 Å². The number of benzene rings is 2. The van der Waals surface area contributed by atoms with Gasteiger partial charge in [-0.2, -0.15) is 17.5 Å². The van der Waals surface area contributed by atoms with Gasteiger partial charge in [-0.3, -0.25) is 9.59 Å². The molecular weight excluding hydrogens is 680 g/mol. The van der Waals surface area contributed by atoms with E-state index in [0.29, 0.717) is 40.2 Å². The van der Waals surface area contributed by atoms with Crippen molar-refractivity contribution in [3.05, 3.63) is 69.7 Å². The number of aliphatic carboxylic acids is 1. The second kappa shape index (κ2) is 15.0. The highest BCUT2D eigenvalue weighted by atomic mass is 35.5. The minimum Gasteiger partial charge on any atom is -0.481 e. The summed E-state index contributed by atoms with van der Waals surface area (Å²) in [4.78, 5) is 24.2. The number of halogens is 5. The van der Waals surface area contributed by atoms with E-state index in [1.807, 2.05) is 48.5 Å². The summed E-state index contributed by atoms with van der Waals surface area (Å²) in [6.07, 6.45) is 2.37. The van der Waals surface area contributed by atoms with E-state index in [4.69, 9.17) is 28.3 Å². The van der Waals surface area contributed by atoms with E-state index in [-0.39, 0.29) is 86.6 Å². The van der Waals surface area contributed by atoms with Crippen LogP contribution in [0.4, 0.5) is 13.2 Å². The number of rotatable bonds is 11. The molecule has 0 bridgehead atoms. The fraction of sp³-hybridized carbons (Fsp3) is 0.562. The zero-order chi connectivity index (χ0) is 33.9. The van der Waals surface area contributed by atoms with E-state index in [1.54, 1.807) is 0 Å². The number of nitrogens with zero attached hydrogens (tertiary/aromatic N) is 1. The Bertz CT molecular complexity index is 1460. The SMILES string of the molecule is O=C(O)CCCNC1CC(C(c2ccc(Cl)cc2)c2ccc(Cl)cc2)CC2C(NC3CCN(S(=O)(=O)C(F)(F)F)CC3)CC(=O)NC12. The number of hydrogen-bond donors (Lipinski definition) is 4. The van der Waals surface area contributed by atoms with Crippen molar-refractivity contribution in [2.24, 2.45) is 11.8 Å². The molecule has 258 valence electrons. The van der Waals surface area contributed by atoms with Crippen LogP contribution < -0.4 is 16.0 Å². The van der Waals surface area contributed by atoms with Crippen molar-refractivity contribution in [2.45, 2.75) is 80.5 Å². The first-order chi connectivity index (χ1) is 22.2. The molecule has 0 radical (unpaired) electrons. The number of sulfonamides is 1. The van der Waals surface area contributed by atoms with E-state index in [1.165, 1.54) is 0 Å². The Balaban J connectivity index is 1.41. The number of fused-ring (bicyclic) bond motifs is 1. The van der Waals surface area contributed by atoms with Crippen molar-refractivity contribution in [3.8, 4) is 0 Å². The van der Waals surface area contributed by atoms with Crippen molar-refractivity contribution in [3.63, 3.8) is 0 Å². The summed E-state index contributed by atoms with van der Waals surface area (Å²) in [6, 6.07) is 14.4. The Morgan fingerprint density at radius 2 is 1.55 bits per heavy atom. The highest BCUT2D eigenvalue weighted by Crippen LogP contribution is 2.45. The van der Waals surface area contributed by atoms with Crippen molar-refractivity contribution >= 4 is 45.1 Å². The van der Waals surface area contributed by atoms with E-state index < -0.39 is 21.5 Å². The number of carboxylic acids is 1. The van der Waals surface area contributed by atoms with E-state index >= 15 is 0 Å². The van der Waals surface area contributed by atoms with Gasteiger partial charge in [-0.25, -0.2) is 8.42 Å². The number of carbonyl (C=O) groups is 2. The summed E-state index contributed by atoms with van der Waals surface area (Å²) in [6.45, 7) is -0.0875. The van der Waals surface area contributed by atoms with Crippen LogP contribution in [0.3, 0.4) is 0 Å². The van der Waals surface area contributed by atoms with Crippen LogP contribution in [0, 0.1) is 11.8 Å². The number of carboxylic acid groups (broad SMARTS) is 1. The number of alkyl halides is 3. The first-order valence-electron chi connectivity index (χ1n) is 15.8. The van der Waals surface area contributed by atoms with Gasteiger partial charge in [-0.15, -0.1) is 0 Å². The third kappa shape index (κ3) is 8.60. The van der Waals surface area contributed by atoms with E-state index in [2.05, 4.69) is 16.0 Å². The Morgan fingerprint density at radius 3 is 2.09 bits per heavy atom. The molecule has 0 spiro atoms. The third-order valence-electron chi connectivity index (χ3n) is 9.72. The van der Waals surface area contributed by atoms with Gasteiger partial charge in [0.2, 0.25) is 5.91 Å². The predicted molar refractivity (Wildman–Crippen MR) is 173 cm³/mol. The van der Waals surface area contributed by atoms with Crippen molar-refractivity contribution < 1.29 is 36.3 Å². The highest BCUT2D eigenvalue weighted by molar-refractivity contribution is 7.90. The molecule has 5 rings (SSSR count). The zero-order valence-electron chi connectivity index (χ0n) is 25.6. The number of carbonyl (C=O) groups excluding carboxylic acids is 1. The molecule has 2 aromatic carbocycles. The first kappa shape index (κ1) is 35.9. The van der Waals surface area contributed by atoms with E-state index in [9.17, 15) is 31.2 Å². The van der Waals surface area contributed by atoms with Crippen molar-refractivity contribution in [1.29, 1.82) is 0 Å². The van der Waals surface area contributed by atoms with Crippen LogP contribution in [0.2, 0.25) is 10.0 Å². The normalized spacial score (nSPS) is 26.2. The highest BCUT2D eigenvalue weighted by Gasteiger charge is 2.51. The maximum atomic E-state index is 13.2. The summed E-state index contributed by atoms with van der Waals surface area (Å²) in [5, 5.41) is 20.6. The van der Waals surface area contributed by atoms with Gasteiger partial charge in [0.15, 0.2) is 0 Å². The van der Waals surface area contributed by atoms with Gasteiger partial charge in [-0.05, 0) is 85.9 Å². The lowest BCUT2D eigenvalue weighted by Gasteiger charge is -2.51. The van der Waals surface area contributed by atoms with Gasteiger partial charge >= 0.3 is 21.5 Å². The second-order valence-electron chi connectivity index (χ2n) is 12.7. The monoisotopic (exact) mass is 718 g/mol. The van der Waals surface area contributed by atoms with Crippen LogP contribution in [-0.2, 0) is 19.6 Å². The Kier molecular flexibility index (Phi) is 11.4. The quantitative estimate of drug-likeness (QED) is 0.237. The lowest BCUT2D eigenvalue weighted by molar-refractivity contribution is -0.137. The molecule has 4 N–H and O–H groups in total. The zero-order valence-corrected chi connectivity index (χ0v) is 27.9. The maximum absolute atomic E-state index is 13.2. The van der Waals surface area contributed by atoms with Gasteiger partial charge in [0.25, 0.3) is 0 Å². The van der Waals surface area contributed by atoms with Crippen molar-refractivity contribution in [2.75, 3.05) is 19.6 Å². The molecule has 5 atom stereocenters. The minimum absolute atomic E-state index is 0.00865. The largest absolute Gasteiger partial charge is 0.511 e. The molecule has 3 fully saturated rings. The fourth-order valence-electron chi connectivity index (χ4n) is 7.56. The predicted octanol–water partition coefficient (Wildman–Crippen LogP) is 5.14. The lowest BCUT2D eigenvalue weighted by Crippen LogP contribution is -2.67. The van der Waals surface area contributed by atoms with Gasteiger partial charge in [0.1, 0.15) is 0 Å². The average molecular weight is 720 g/mol. The molecule has 1 amide bonds. The Morgan fingerprint density at radius 1 is 0.979 bits per heavy atom. The second-order valence-corrected chi connectivity index (χ2v) is 15.5. The Labute approximate surface area is 282 Å². The maximum Gasteiger partial charge on any atom is 0.511 e. The first-order valence-corrected chi connectivity index (χ1v) is 18.0. The Hall–Kier alpha value is -2.42. The topological polar surface area (TPSA) is 128 Å². The number of amides is 1. The standard InChI is InChI=1S/C32H39Cl2F3N4O5S/c33-22-7-3-19(4-8-22)30(20-5-9-23(34)10-6-20)21-16-25-26(39-24-11-14-41(15-12-24)47(45,46)32(35,36)37)18-28(42)40-31(25)27(17-21)38-13-1-2-29(43)44/h3-10,21,24-27,30-31,38-39H,1-2,11-18H2,(H,40,42)(H,43,44). The van der Waals surface area contributed by atoms with Crippen LogP contribution >= 0.6 is 23.2 Å². The van der Waals surface area contributed by atoms with Crippen LogP contribution in [0.25, 0.3) is 0 Å². The van der Waals surface area contributed by atoms with Gasteiger partial charge in [0.05, 0.1) is 0 Å². The van der Waals surface area contributed by atoms with Crippen LogP contribution in [0.15, 0.2) is 48.5 Å². The van der Waals surface area contributed by atoms with Gasteiger partial charge < -0.3 is 21.1 Å². The molecule has 15 heteroatoms. The number of hydrogen-bond acceptors (Lipinski definition) is 6. The molecule has 5 unspecified atom stereocenters. The minimum atomic E-state index is -5.40. The molecule has 2 aromatic rings. The molecule has 47 heavy (non-hydrogen) atoms. The molecule has 2 saturated heterocycles. The van der Waals surface area contributed by atoms with Gasteiger partial charge in [-0.1, -0.05) is 47.5 Å². The number of nitrogens with one attached hydrogen (secondary N) is 3. The summed E-state index contributed by atoms with van der Waals surface area (Å²) >= 11 is 12.5. The summed E-state index contributed by atoms with van der Waals surface area (Å²) in [5.41, 5.74) is -3.23.